The lowest BCUT2D eigenvalue weighted by Gasteiger charge is -2.46. The maximum Gasteiger partial charge on any atom is 0.225 e. The lowest BCUT2D eigenvalue weighted by molar-refractivity contribution is -0.154. The summed E-state index contributed by atoms with van der Waals surface area (Å²) in [6.45, 7) is 8.24. The fraction of sp³-hybridized carbons (Fsp3) is 0.682. The average Bonchev–Trinajstić information content (AvgIpc) is 2.62. The van der Waals surface area contributed by atoms with E-state index in [9.17, 15) is 4.79 Å². The number of carbonyl (C=O) groups excluding carboxylic acids is 1. The molecule has 0 spiro atoms. The van der Waals surface area contributed by atoms with E-state index in [1.807, 2.05) is 11.9 Å². The molecular formula is C22H35N3O3. The second-order valence-electron chi connectivity index (χ2n) is 8.66. The number of hydrogen-bond donors (Lipinski definition) is 1. The van der Waals surface area contributed by atoms with Crippen molar-refractivity contribution in [3.8, 4) is 0 Å². The largest absolute Gasteiger partial charge is 0.377 e. The number of carbonyl (C=O) groups is 1. The molecule has 2 N–H and O–H groups in total. The molecule has 0 aromatic heterocycles. The van der Waals surface area contributed by atoms with Gasteiger partial charge in [0, 0.05) is 52.8 Å². The second kappa shape index (κ2) is 8.91. The third kappa shape index (κ3) is 4.92. The summed E-state index contributed by atoms with van der Waals surface area (Å²) in [5.41, 5.74) is 7.93. The third-order valence-electron chi connectivity index (χ3n) is 6.11. The highest BCUT2D eigenvalue weighted by Crippen LogP contribution is 2.40. The number of nitrogens with zero attached hydrogens (tertiary/aromatic N) is 2. The van der Waals surface area contributed by atoms with E-state index in [1.54, 1.807) is 7.11 Å². The van der Waals surface area contributed by atoms with E-state index in [1.165, 1.54) is 5.56 Å². The van der Waals surface area contributed by atoms with Crippen LogP contribution in [0.2, 0.25) is 0 Å². The van der Waals surface area contributed by atoms with Crippen LogP contribution >= 0.6 is 0 Å². The topological polar surface area (TPSA) is 68.0 Å². The number of methoxy groups -OCH3 is 1. The van der Waals surface area contributed by atoms with Crippen molar-refractivity contribution in [2.24, 2.45) is 11.7 Å². The van der Waals surface area contributed by atoms with Gasteiger partial charge in [0.05, 0.1) is 17.8 Å². The molecule has 1 aromatic rings. The molecule has 0 bridgehead atoms. The van der Waals surface area contributed by atoms with Crippen molar-refractivity contribution in [1.29, 1.82) is 0 Å². The fourth-order valence-corrected chi connectivity index (χ4v) is 4.51. The van der Waals surface area contributed by atoms with Gasteiger partial charge in [0.2, 0.25) is 5.91 Å². The van der Waals surface area contributed by atoms with Gasteiger partial charge in [-0.1, -0.05) is 24.3 Å². The quantitative estimate of drug-likeness (QED) is 0.773. The Hall–Kier alpha value is -1.47. The molecule has 0 unspecified atom stereocenters. The van der Waals surface area contributed by atoms with Gasteiger partial charge in [-0.2, -0.15) is 0 Å². The number of amides is 1. The van der Waals surface area contributed by atoms with Crippen LogP contribution in [0, 0.1) is 5.92 Å². The van der Waals surface area contributed by atoms with Crippen LogP contribution in [-0.4, -0.2) is 67.3 Å². The van der Waals surface area contributed by atoms with Crippen LogP contribution in [0.4, 0.5) is 0 Å². The lowest BCUT2D eigenvalue weighted by atomic mass is 9.70. The van der Waals surface area contributed by atoms with Gasteiger partial charge in [-0.15, -0.1) is 0 Å². The minimum atomic E-state index is -0.294. The van der Waals surface area contributed by atoms with E-state index < -0.39 is 0 Å². The zero-order chi connectivity index (χ0) is 20.3. The van der Waals surface area contributed by atoms with Crippen LogP contribution < -0.4 is 5.73 Å². The van der Waals surface area contributed by atoms with Crippen molar-refractivity contribution in [2.75, 3.05) is 33.8 Å². The molecule has 1 saturated carbocycles. The highest BCUT2D eigenvalue weighted by Gasteiger charge is 2.47. The van der Waals surface area contributed by atoms with Crippen molar-refractivity contribution >= 4 is 5.91 Å². The average molecular weight is 390 g/mol. The van der Waals surface area contributed by atoms with Crippen LogP contribution in [0.3, 0.4) is 0 Å². The zero-order valence-corrected chi connectivity index (χ0v) is 17.7. The predicted molar refractivity (Wildman–Crippen MR) is 110 cm³/mol. The Bertz CT molecular complexity index is 641. The summed E-state index contributed by atoms with van der Waals surface area (Å²) >= 11 is 0. The van der Waals surface area contributed by atoms with E-state index in [0.29, 0.717) is 13.1 Å². The van der Waals surface area contributed by atoms with Crippen molar-refractivity contribution in [2.45, 2.75) is 57.6 Å². The second-order valence-corrected chi connectivity index (χ2v) is 8.66. The standard InChI is InChI=1S/C22H35N3O3/c1-16-11-25(12-17(2)28-16)14-19-7-5-18(6-8-19)13-24(3)21(26)20-9-22(10-20,15-23)27-4/h5-8,16-17,20H,9-15,23H2,1-4H3/t16-,17+,20?,22?. The summed E-state index contributed by atoms with van der Waals surface area (Å²) in [5.74, 6) is 0.208. The Morgan fingerprint density at radius 3 is 2.32 bits per heavy atom. The van der Waals surface area contributed by atoms with E-state index in [2.05, 4.69) is 43.0 Å². The highest BCUT2D eigenvalue weighted by molar-refractivity contribution is 5.80. The van der Waals surface area contributed by atoms with Gasteiger partial charge < -0.3 is 20.1 Å². The normalized spacial score (nSPS) is 30.7. The third-order valence-corrected chi connectivity index (χ3v) is 6.11. The molecule has 1 heterocycles. The molecule has 1 saturated heterocycles. The van der Waals surface area contributed by atoms with E-state index in [0.717, 1.165) is 38.0 Å². The SMILES string of the molecule is COC1(CN)CC(C(=O)N(C)Cc2ccc(CN3C[C@@H](C)O[C@@H](C)C3)cc2)C1. The number of rotatable bonds is 7. The highest BCUT2D eigenvalue weighted by atomic mass is 16.5. The summed E-state index contributed by atoms with van der Waals surface area (Å²) in [7, 11) is 3.55. The van der Waals surface area contributed by atoms with Crippen LogP contribution in [-0.2, 0) is 27.4 Å². The number of nitrogens with two attached hydrogens (primary N) is 1. The monoisotopic (exact) mass is 389 g/mol. The smallest absolute Gasteiger partial charge is 0.225 e. The number of morpholine rings is 1. The maximum atomic E-state index is 12.7. The van der Waals surface area contributed by atoms with E-state index in [-0.39, 0.29) is 29.6 Å². The molecule has 2 atom stereocenters. The van der Waals surface area contributed by atoms with Crippen molar-refractivity contribution < 1.29 is 14.3 Å². The maximum absolute atomic E-state index is 12.7. The minimum absolute atomic E-state index is 0.0260. The Morgan fingerprint density at radius 2 is 1.79 bits per heavy atom. The van der Waals surface area contributed by atoms with Crippen LogP contribution in [0.5, 0.6) is 0 Å². The van der Waals surface area contributed by atoms with E-state index in [4.69, 9.17) is 15.2 Å². The first-order valence-corrected chi connectivity index (χ1v) is 10.3. The van der Waals surface area contributed by atoms with Crippen molar-refractivity contribution in [3.05, 3.63) is 35.4 Å². The first-order chi connectivity index (χ1) is 13.3. The van der Waals surface area contributed by atoms with Gasteiger partial charge in [-0.05, 0) is 37.8 Å². The van der Waals surface area contributed by atoms with Gasteiger partial charge in [-0.25, -0.2) is 0 Å². The zero-order valence-electron chi connectivity index (χ0n) is 17.7. The summed E-state index contributed by atoms with van der Waals surface area (Å²) in [6.07, 6.45) is 2.01. The molecular weight excluding hydrogens is 354 g/mol. The first kappa shape index (κ1) is 21.2. The van der Waals surface area contributed by atoms with Gasteiger partial charge in [0.1, 0.15) is 0 Å². The molecule has 6 heteroatoms. The molecule has 1 aliphatic carbocycles. The molecule has 28 heavy (non-hydrogen) atoms. The number of benzene rings is 1. The van der Waals surface area contributed by atoms with Gasteiger partial charge >= 0.3 is 0 Å². The number of ether oxygens (including phenoxy) is 2. The molecule has 0 radical (unpaired) electrons. The molecule has 2 aliphatic rings. The minimum Gasteiger partial charge on any atom is -0.377 e. The molecule has 6 nitrogen and oxygen atoms in total. The number of hydrogen-bond acceptors (Lipinski definition) is 5. The Morgan fingerprint density at radius 1 is 1.21 bits per heavy atom. The summed E-state index contributed by atoms with van der Waals surface area (Å²) in [4.78, 5) is 16.9. The first-order valence-electron chi connectivity index (χ1n) is 10.3. The van der Waals surface area contributed by atoms with Crippen LogP contribution in [0.25, 0.3) is 0 Å². The van der Waals surface area contributed by atoms with Gasteiger partial charge in [0.15, 0.2) is 0 Å². The molecule has 1 aliphatic heterocycles. The summed E-state index contributed by atoms with van der Waals surface area (Å²) < 4.78 is 11.3. The Labute approximate surface area is 169 Å². The van der Waals surface area contributed by atoms with Gasteiger partial charge in [0.25, 0.3) is 0 Å². The lowest BCUT2D eigenvalue weighted by Crippen LogP contribution is -2.55. The van der Waals surface area contributed by atoms with Gasteiger partial charge in [-0.3, -0.25) is 9.69 Å². The summed E-state index contributed by atoms with van der Waals surface area (Å²) in [5, 5.41) is 0. The van der Waals surface area contributed by atoms with Crippen molar-refractivity contribution in [3.63, 3.8) is 0 Å². The van der Waals surface area contributed by atoms with Crippen LogP contribution in [0.15, 0.2) is 24.3 Å². The molecule has 1 amide bonds. The molecule has 156 valence electrons. The van der Waals surface area contributed by atoms with E-state index >= 15 is 0 Å². The Balaban J connectivity index is 1.49. The predicted octanol–water partition coefficient (Wildman–Crippen LogP) is 2.01. The van der Waals surface area contributed by atoms with Crippen molar-refractivity contribution in [1.82, 2.24) is 9.80 Å². The molecule has 1 aromatic carbocycles. The Kier molecular flexibility index (Phi) is 6.76. The molecule has 3 rings (SSSR count). The van der Waals surface area contributed by atoms with Crippen LogP contribution in [0.1, 0.15) is 37.8 Å². The summed E-state index contributed by atoms with van der Waals surface area (Å²) in [6, 6.07) is 8.61. The molecule has 2 fully saturated rings. The fourth-order valence-electron chi connectivity index (χ4n) is 4.51.